The summed E-state index contributed by atoms with van der Waals surface area (Å²) < 4.78 is 5.82. The van der Waals surface area contributed by atoms with Gasteiger partial charge >= 0.3 is 6.03 Å². The zero-order chi connectivity index (χ0) is 22.2. The second kappa shape index (κ2) is 10.8. The molecule has 0 fully saturated rings. The smallest absolute Gasteiger partial charge is 0.318 e. The molecule has 1 N–H and O–H groups in total. The van der Waals surface area contributed by atoms with Crippen molar-refractivity contribution < 1.29 is 14.3 Å². The predicted octanol–water partition coefficient (Wildman–Crippen LogP) is 3.03. The number of ether oxygens (including phenoxy) is 1. The Hall–Kier alpha value is -3.09. The Balaban J connectivity index is 1.55. The van der Waals surface area contributed by atoms with E-state index >= 15 is 0 Å². The zero-order valence-corrected chi connectivity index (χ0v) is 18.6. The minimum Gasteiger partial charge on any atom is -0.491 e. The van der Waals surface area contributed by atoms with Crippen molar-refractivity contribution >= 4 is 11.9 Å². The van der Waals surface area contributed by atoms with Crippen LogP contribution in [0, 0.1) is 0 Å². The minimum absolute atomic E-state index is 0.0819. The lowest BCUT2D eigenvalue weighted by molar-refractivity contribution is -0.129. The standard InChI is InChI=1S/C24H32N4O3/c1-18(2)26-24(30)28-14-15-31-22-9-7-19(16-20(22)17-28)8-10-23(29)27(3)13-11-21-6-4-5-12-25-21/h4-7,9,12,16,18H,8,10-11,13-15,17H2,1-3H3,(H,26,30). The van der Waals surface area contributed by atoms with E-state index in [0.717, 1.165) is 29.0 Å². The fourth-order valence-electron chi connectivity index (χ4n) is 3.51. The second-order valence-corrected chi connectivity index (χ2v) is 8.20. The maximum atomic E-state index is 12.5. The molecular formula is C24H32N4O3. The molecule has 0 atom stereocenters. The van der Waals surface area contributed by atoms with Crippen molar-refractivity contribution in [3.8, 4) is 5.75 Å². The molecule has 3 amide bonds. The zero-order valence-electron chi connectivity index (χ0n) is 18.6. The SMILES string of the molecule is CC(C)NC(=O)N1CCOc2ccc(CCC(=O)N(C)CCc3ccccn3)cc2C1. The highest BCUT2D eigenvalue weighted by Crippen LogP contribution is 2.25. The van der Waals surface area contributed by atoms with Crippen molar-refractivity contribution in [3.05, 3.63) is 59.4 Å². The van der Waals surface area contributed by atoms with E-state index in [1.54, 1.807) is 16.0 Å². The Morgan fingerprint density at radius 2 is 2.06 bits per heavy atom. The molecule has 7 heteroatoms. The van der Waals surface area contributed by atoms with Gasteiger partial charge in [0.15, 0.2) is 0 Å². The number of urea groups is 1. The lowest BCUT2D eigenvalue weighted by Crippen LogP contribution is -2.43. The topological polar surface area (TPSA) is 74.8 Å². The van der Waals surface area contributed by atoms with E-state index in [4.69, 9.17) is 4.74 Å². The summed E-state index contributed by atoms with van der Waals surface area (Å²) in [5.41, 5.74) is 3.03. The van der Waals surface area contributed by atoms with E-state index in [2.05, 4.69) is 16.4 Å². The first-order valence-electron chi connectivity index (χ1n) is 10.9. The lowest BCUT2D eigenvalue weighted by atomic mass is 10.0. The Labute approximate surface area is 184 Å². The van der Waals surface area contributed by atoms with Gasteiger partial charge in [-0.2, -0.15) is 0 Å². The van der Waals surface area contributed by atoms with Crippen molar-refractivity contribution in [2.24, 2.45) is 0 Å². The molecule has 1 aromatic heterocycles. The monoisotopic (exact) mass is 424 g/mol. The van der Waals surface area contributed by atoms with Gasteiger partial charge in [0, 0.05) is 49.9 Å². The molecule has 31 heavy (non-hydrogen) atoms. The third kappa shape index (κ3) is 6.70. The first-order valence-corrected chi connectivity index (χ1v) is 10.9. The van der Waals surface area contributed by atoms with Crippen molar-refractivity contribution in [1.29, 1.82) is 0 Å². The van der Waals surface area contributed by atoms with Crippen LogP contribution in [0.1, 0.15) is 37.1 Å². The first kappa shape index (κ1) is 22.6. The van der Waals surface area contributed by atoms with E-state index in [1.165, 1.54) is 0 Å². The molecule has 0 aliphatic carbocycles. The average Bonchev–Trinajstić information content (AvgIpc) is 2.98. The van der Waals surface area contributed by atoms with Gasteiger partial charge in [-0.1, -0.05) is 18.2 Å². The number of amides is 3. The van der Waals surface area contributed by atoms with Crippen molar-refractivity contribution in [1.82, 2.24) is 20.1 Å². The van der Waals surface area contributed by atoms with Gasteiger partial charge < -0.3 is 19.9 Å². The molecule has 0 radical (unpaired) electrons. The van der Waals surface area contributed by atoms with Crippen LogP contribution in [0.2, 0.25) is 0 Å². The molecule has 0 saturated heterocycles. The number of carbonyl (C=O) groups excluding carboxylic acids is 2. The third-order valence-electron chi connectivity index (χ3n) is 5.29. The summed E-state index contributed by atoms with van der Waals surface area (Å²) in [6, 6.07) is 11.8. The highest BCUT2D eigenvalue weighted by Gasteiger charge is 2.20. The molecule has 1 aliphatic heterocycles. The second-order valence-electron chi connectivity index (χ2n) is 8.20. The van der Waals surface area contributed by atoms with E-state index in [0.29, 0.717) is 39.1 Å². The fraction of sp³-hybridized carbons (Fsp3) is 0.458. The number of rotatable bonds is 7. The largest absolute Gasteiger partial charge is 0.491 e. The Morgan fingerprint density at radius 3 is 2.81 bits per heavy atom. The number of fused-ring (bicyclic) bond motifs is 1. The number of carbonyl (C=O) groups is 2. The van der Waals surface area contributed by atoms with Crippen LogP contribution < -0.4 is 10.1 Å². The Bertz CT molecular complexity index is 886. The van der Waals surface area contributed by atoms with Gasteiger partial charge in [-0.3, -0.25) is 9.78 Å². The van der Waals surface area contributed by atoms with Crippen LogP contribution in [-0.2, 0) is 24.2 Å². The van der Waals surface area contributed by atoms with Crippen LogP contribution >= 0.6 is 0 Å². The number of pyridine rings is 1. The summed E-state index contributed by atoms with van der Waals surface area (Å²) in [6.07, 6.45) is 3.61. The number of nitrogens with one attached hydrogen (secondary N) is 1. The fourth-order valence-corrected chi connectivity index (χ4v) is 3.51. The van der Waals surface area contributed by atoms with Crippen LogP contribution in [-0.4, -0.2) is 59.5 Å². The quantitative estimate of drug-likeness (QED) is 0.741. The van der Waals surface area contributed by atoms with Gasteiger partial charge in [0.1, 0.15) is 12.4 Å². The highest BCUT2D eigenvalue weighted by molar-refractivity contribution is 5.76. The maximum absolute atomic E-state index is 12.5. The number of likely N-dealkylation sites (N-methyl/N-ethyl adjacent to an activating group) is 1. The molecule has 1 aromatic carbocycles. The molecule has 0 unspecified atom stereocenters. The molecule has 0 saturated carbocycles. The minimum atomic E-state index is -0.0819. The average molecular weight is 425 g/mol. The van der Waals surface area contributed by atoms with Crippen molar-refractivity contribution in [3.63, 3.8) is 0 Å². The predicted molar refractivity (Wildman–Crippen MR) is 120 cm³/mol. The molecule has 2 heterocycles. The van der Waals surface area contributed by atoms with E-state index in [9.17, 15) is 9.59 Å². The Morgan fingerprint density at radius 1 is 1.23 bits per heavy atom. The van der Waals surface area contributed by atoms with Crippen LogP contribution in [0.25, 0.3) is 0 Å². The molecule has 3 rings (SSSR count). The number of benzene rings is 1. The third-order valence-corrected chi connectivity index (χ3v) is 5.29. The Kier molecular flexibility index (Phi) is 7.87. The summed E-state index contributed by atoms with van der Waals surface area (Å²) in [5.74, 6) is 0.919. The first-order chi connectivity index (χ1) is 14.9. The number of hydrogen-bond acceptors (Lipinski definition) is 4. The lowest BCUT2D eigenvalue weighted by Gasteiger charge is -2.22. The van der Waals surface area contributed by atoms with Crippen LogP contribution in [0.4, 0.5) is 4.79 Å². The van der Waals surface area contributed by atoms with Crippen LogP contribution in [0.15, 0.2) is 42.6 Å². The van der Waals surface area contributed by atoms with Gasteiger partial charge in [0.2, 0.25) is 5.91 Å². The summed E-state index contributed by atoms with van der Waals surface area (Å²) in [4.78, 5) is 32.8. The van der Waals surface area contributed by atoms with Gasteiger partial charge in [-0.25, -0.2) is 4.79 Å². The number of nitrogens with zero attached hydrogens (tertiary/aromatic N) is 3. The van der Waals surface area contributed by atoms with Gasteiger partial charge in [-0.05, 0) is 44.0 Å². The molecule has 0 spiro atoms. The molecule has 166 valence electrons. The molecule has 7 nitrogen and oxygen atoms in total. The molecule has 1 aliphatic rings. The maximum Gasteiger partial charge on any atom is 0.318 e. The van der Waals surface area contributed by atoms with Crippen molar-refractivity contribution in [2.45, 2.75) is 45.7 Å². The van der Waals surface area contributed by atoms with Gasteiger partial charge in [-0.15, -0.1) is 0 Å². The van der Waals surface area contributed by atoms with E-state index < -0.39 is 0 Å². The summed E-state index contributed by atoms with van der Waals surface area (Å²) in [6.45, 7) is 6.05. The summed E-state index contributed by atoms with van der Waals surface area (Å²) in [7, 11) is 1.83. The normalized spacial score (nSPS) is 13.2. The molecular weight excluding hydrogens is 392 g/mol. The van der Waals surface area contributed by atoms with Crippen LogP contribution in [0.5, 0.6) is 5.75 Å². The van der Waals surface area contributed by atoms with E-state index in [1.807, 2.05) is 51.2 Å². The van der Waals surface area contributed by atoms with E-state index in [-0.39, 0.29) is 18.0 Å². The summed E-state index contributed by atoms with van der Waals surface area (Å²) >= 11 is 0. The molecule has 0 bridgehead atoms. The number of aryl methyl sites for hydroxylation is 1. The number of hydrogen-bond donors (Lipinski definition) is 1. The molecule has 2 aromatic rings. The number of aromatic nitrogens is 1. The summed E-state index contributed by atoms with van der Waals surface area (Å²) in [5, 5.41) is 2.94. The van der Waals surface area contributed by atoms with Gasteiger partial charge in [0.25, 0.3) is 0 Å². The van der Waals surface area contributed by atoms with Crippen LogP contribution in [0.3, 0.4) is 0 Å². The van der Waals surface area contributed by atoms with Crippen molar-refractivity contribution in [2.75, 3.05) is 26.7 Å². The van der Waals surface area contributed by atoms with Gasteiger partial charge in [0.05, 0.1) is 13.1 Å². The highest BCUT2D eigenvalue weighted by atomic mass is 16.5.